The van der Waals surface area contributed by atoms with Gasteiger partial charge in [0.15, 0.2) is 0 Å². The van der Waals surface area contributed by atoms with Gasteiger partial charge in [-0.25, -0.2) is 0 Å². The highest BCUT2D eigenvalue weighted by Crippen LogP contribution is 2.40. The van der Waals surface area contributed by atoms with Crippen LogP contribution in [0.5, 0.6) is 0 Å². The predicted molar refractivity (Wildman–Crippen MR) is 174 cm³/mol. The van der Waals surface area contributed by atoms with Crippen molar-refractivity contribution >= 4 is 47.0 Å². The van der Waals surface area contributed by atoms with Crippen LogP contribution in [0, 0.1) is 0 Å². The average molecular weight is 539 g/mol. The second-order valence-electron chi connectivity index (χ2n) is 10.1. The van der Waals surface area contributed by atoms with Crippen molar-refractivity contribution in [3.8, 4) is 9.75 Å². The first kappa shape index (κ1) is 28.3. The Kier molecular flexibility index (Phi) is 11.7. The van der Waals surface area contributed by atoms with Crippen LogP contribution in [0.15, 0.2) is 72.8 Å². The molecular formula is C36H42S2. The van der Waals surface area contributed by atoms with Gasteiger partial charge in [-0.2, -0.15) is 0 Å². The molecule has 2 heterocycles. The Balaban J connectivity index is 1.62. The molecule has 0 spiro atoms. The molecule has 4 rings (SSSR count). The molecule has 2 aromatic carbocycles. The Morgan fingerprint density at radius 2 is 0.921 bits per heavy atom. The lowest BCUT2D eigenvalue weighted by atomic mass is 10.0. The highest BCUT2D eigenvalue weighted by Gasteiger charge is 2.14. The van der Waals surface area contributed by atoms with Crippen molar-refractivity contribution in [2.45, 2.75) is 78.1 Å². The largest absolute Gasteiger partial charge is 0.135 e. The van der Waals surface area contributed by atoms with Crippen molar-refractivity contribution in [3.63, 3.8) is 0 Å². The molecular weight excluding hydrogens is 497 g/mol. The van der Waals surface area contributed by atoms with Crippen LogP contribution in [-0.4, -0.2) is 0 Å². The number of rotatable bonds is 15. The minimum Gasteiger partial charge on any atom is -0.135 e. The quantitative estimate of drug-likeness (QED) is 0.132. The normalized spacial score (nSPS) is 11.7. The first-order chi connectivity index (χ1) is 18.8. The van der Waals surface area contributed by atoms with Gasteiger partial charge >= 0.3 is 0 Å². The summed E-state index contributed by atoms with van der Waals surface area (Å²) in [5, 5.41) is 0. The topological polar surface area (TPSA) is 0 Å². The third kappa shape index (κ3) is 8.68. The van der Waals surface area contributed by atoms with E-state index in [2.05, 4.69) is 111 Å². The summed E-state index contributed by atoms with van der Waals surface area (Å²) in [6, 6.07) is 26.3. The fourth-order valence-electron chi connectivity index (χ4n) is 4.76. The highest BCUT2D eigenvalue weighted by molar-refractivity contribution is 7.23. The van der Waals surface area contributed by atoms with E-state index in [4.69, 9.17) is 0 Å². The standard InChI is InChI=1S/C36H42S2/c1-3-5-7-15-21-31-27-35(37-33(31)25-23-29-17-11-9-12-18-29)36-28-32(22-16-8-6-4-2)34(38-36)26-24-30-19-13-10-14-20-30/h9-14,17-20,23-28H,3-8,15-16,21-22H2,1-2H3/b25-23+,26-24+. The second-order valence-corrected chi connectivity index (χ2v) is 12.3. The first-order valence-electron chi connectivity index (χ1n) is 14.5. The van der Waals surface area contributed by atoms with Crippen molar-refractivity contribution in [1.29, 1.82) is 0 Å². The molecule has 2 heteroatoms. The van der Waals surface area contributed by atoms with Crippen molar-refractivity contribution in [2.24, 2.45) is 0 Å². The van der Waals surface area contributed by atoms with Crippen LogP contribution in [0.2, 0.25) is 0 Å². The van der Waals surface area contributed by atoms with Gasteiger partial charge in [0.05, 0.1) is 0 Å². The molecule has 198 valence electrons. The molecule has 0 bridgehead atoms. The lowest BCUT2D eigenvalue weighted by Gasteiger charge is -2.00. The molecule has 0 aliphatic rings. The molecule has 0 radical (unpaired) electrons. The summed E-state index contributed by atoms with van der Waals surface area (Å²) >= 11 is 3.93. The maximum atomic E-state index is 2.48. The Bertz CT molecular complexity index is 1170. The zero-order chi connectivity index (χ0) is 26.4. The van der Waals surface area contributed by atoms with E-state index in [0.717, 1.165) is 0 Å². The van der Waals surface area contributed by atoms with Gasteiger partial charge in [-0.05, 0) is 72.2 Å². The SMILES string of the molecule is CCCCCCc1cc(-c2cc(CCCCCC)c(/C=C/c3ccccc3)s2)sc1/C=C/c1ccccc1. The van der Waals surface area contributed by atoms with Crippen molar-refractivity contribution in [3.05, 3.63) is 105 Å². The second kappa shape index (κ2) is 15.7. The molecule has 0 saturated heterocycles. The first-order valence-corrected chi connectivity index (χ1v) is 16.1. The van der Waals surface area contributed by atoms with E-state index in [1.807, 2.05) is 22.7 Å². The maximum Gasteiger partial charge on any atom is 0.0452 e. The van der Waals surface area contributed by atoms with Crippen molar-refractivity contribution in [1.82, 2.24) is 0 Å². The van der Waals surface area contributed by atoms with Gasteiger partial charge < -0.3 is 0 Å². The molecule has 0 unspecified atom stereocenters. The Labute approximate surface area is 238 Å². The van der Waals surface area contributed by atoms with Crippen LogP contribution < -0.4 is 0 Å². The van der Waals surface area contributed by atoms with E-state index >= 15 is 0 Å². The number of benzene rings is 2. The van der Waals surface area contributed by atoms with E-state index in [-0.39, 0.29) is 0 Å². The maximum absolute atomic E-state index is 2.48. The minimum atomic E-state index is 1.17. The molecule has 0 aliphatic carbocycles. The fourth-order valence-corrected chi connectivity index (χ4v) is 7.06. The number of unbranched alkanes of at least 4 members (excludes halogenated alkanes) is 6. The summed E-state index contributed by atoms with van der Waals surface area (Å²) in [6.07, 6.45) is 22.0. The van der Waals surface area contributed by atoms with Crippen LogP contribution in [0.25, 0.3) is 34.1 Å². The molecule has 0 fully saturated rings. The number of hydrogen-bond donors (Lipinski definition) is 0. The average Bonchev–Trinajstić information content (AvgIpc) is 3.56. The molecule has 0 atom stereocenters. The summed E-state index contributed by atoms with van der Waals surface area (Å²) < 4.78 is 0. The molecule has 4 aromatic rings. The monoisotopic (exact) mass is 538 g/mol. The molecule has 0 nitrogen and oxygen atoms in total. The highest BCUT2D eigenvalue weighted by atomic mass is 32.1. The molecule has 0 amide bonds. The van der Waals surface area contributed by atoms with Gasteiger partial charge in [0.1, 0.15) is 0 Å². The Hall–Kier alpha value is -2.68. The van der Waals surface area contributed by atoms with E-state index in [0.29, 0.717) is 0 Å². The van der Waals surface area contributed by atoms with Crippen LogP contribution in [0.1, 0.15) is 97.2 Å². The van der Waals surface area contributed by atoms with E-state index in [1.165, 1.54) is 106 Å². The van der Waals surface area contributed by atoms with Crippen molar-refractivity contribution in [2.75, 3.05) is 0 Å². The van der Waals surface area contributed by atoms with Gasteiger partial charge in [0, 0.05) is 19.5 Å². The van der Waals surface area contributed by atoms with Crippen LogP contribution in [0.3, 0.4) is 0 Å². The molecule has 2 aromatic heterocycles. The zero-order valence-corrected chi connectivity index (χ0v) is 24.8. The van der Waals surface area contributed by atoms with Gasteiger partial charge in [0.25, 0.3) is 0 Å². The van der Waals surface area contributed by atoms with Gasteiger partial charge in [-0.15, -0.1) is 22.7 Å². The number of aryl methyl sites for hydroxylation is 2. The van der Waals surface area contributed by atoms with E-state index < -0.39 is 0 Å². The molecule has 38 heavy (non-hydrogen) atoms. The van der Waals surface area contributed by atoms with Gasteiger partial charge in [0.2, 0.25) is 0 Å². The minimum absolute atomic E-state index is 1.17. The summed E-state index contributed by atoms with van der Waals surface area (Å²) in [6.45, 7) is 4.58. The number of hydrogen-bond acceptors (Lipinski definition) is 2. The Morgan fingerprint density at radius 1 is 0.500 bits per heavy atom. The third-order valence-electron chi connectivity index (χ3n) is 6.98. The Morgan fingerprint density at radius 3 is 1.32 bits per heavy atom. The fraction of sp³-hybridized carbons (Fsp3) is 0.333. The lowest BCUT2D eigenvalue weighted by Crippen LogP contribution is -1.85. The van der Waals surface area contributed by atoms with Crippen LogP contribution in [-0.2, 0) is 12.8 Å². The molecule has 0 saturated carbocycles. The van der Waals surface area contributed by atoms with Gasteiger partial charge in [-0.3, -0.25) is 0 Å². The van der Waals surface area contributed by atoms with Crippen LogP contribution >= 0.6 is 22.7 Å². The summed E-state index contributed by atoms with van der Waals surface area (Å²) in [4.78, 5) is 5.67. The summed E-state index contributed by atoms with van der Waals surface area (Å²) in [7, 11) is 0. The predicted octanol–water partition coefficient (Wildman–Crippen LogP) is 12.1. The summed E-state index contributed by atoms with van der Waals surface area (Å²) in [5.74, 6) is 0. The summed E-state index contributed by atoms with van der Waals surface area (Å²) in [5.41, 5.74) is 5.54. The number of thiophene rings is 2. The lowest BCUT2D eigenvalue weighted by molar-refractivity contribution is 0.667. The third-order valence-corrected chi connectivity index (χ3v) is 9.46. The smallest absolute Gasteiger partial charge is 0.0452 e. The zero-order valence-electron chi connectivity index (χ0n) is 23.1. The van der Waals surface area contributed by atoms with Gasteiger partial charge in [-0.1, -0.05) is 125 Å². The van der Waals surface area contributed by atoms with E-state index in [9.17, 15) is 0 Å². The van der Waals surface area contributed by atoms with Crippen LogP contribution in [0.4, 0.5) is 0 Å². The molecule has 0 aliphatic heterocycles. The van der Waals surface area contributed by atoms with E-state index in [1.54, 1.807) is 0 Å². The molecule has 0 N–H and O–H groups in total. The van der Waals surface area contributed by atoms with Crippen molar-refractivity contribution < 1.29 is 0 Å².